The van der Waals surface area contributed by atoms with E-state index in [2.05, 4.69) is 179 Å². The van der Waals surface area contributed by atoms with Gasteiger partial charge in [0.25, 0.3) is 0 Å². The normalized spacial score (nSPS) is 11.2. The van der Waals surface area contributed by atoms with Gasteiger partial charge < -0.3 is 9.32 Å². The predicted molar refractivity (Wildman–Crippen MR) is 192 cm³/mol. The Morgan fingerprint density at radius 3 is 1.51 bits per heavy atom. The highest BCUT2D eigenvalue weighted by Gasteiger charge is 2.16. The van der Waals surface area contributed by atoms with Crippen molar-refractivity contribution in [3.8, 4) is 33.4 Å². The summed E-state index contributed by atoms with van der Waals surface area (Å²) in [5.41, 5.74) is 12.2. The van der Waals surface area contributed by atoms with E-state index < -0.39 is 0 Å². The number of benzene rings is 7. The second kappa shape index (κ2) is 11.6. The third-order valence-electron chi connectivity index (χ3n) is 8.31. The van der Waals surface area contributed by atoms with Crippen molar-refractivity contribution in [1.82, 2.24) is 0 Å². The summed E-state index contributed by atoms with van der Waals surface area (Å²) in [6.45, 7) is 0. The minimum Gasteiger partial charge on any atom is -0.456 e. The lowest BCUT2D eigenvalue weighted by molar-refractivity contribution is 0.669. The summed E-state index contributed by atoms with van der Waals surface area (Å²) in [4.78, 5) is 2.30. The van der Waals surface area contributed by atoms with Gasteiger partial charge in [-0.05, 0) is 112 Å². The number of nitrogens with zero attached hydrogens (tertiary/aromatic N) is 1. The number of rotatable bonds is 6. The zero-order valence-electron chi connectivity index (χ0n) is 24.4. The van der Waals surface area contributed by atoms with Crippen molar-refractivity contribution in [2.45, 2.75) is 0 Å². The first-order chi connectivity index (χ1) is 22.2. The SMILES string of the molecule is Brc1ccc(-c2cc(-c3ccccc3)cc(-c3ccc(N(c4ccccc4)c4ccc5oc6ccccc6c5c4)cc3)c2)cc1. The lowest BCUT2D eigenvalue weighted by Gasteiger charge is -2.25. The van der Waals surface area contributed by atoms with Gasteiger partial charge >= 0.3 is 0 Å². The van der Waals surface area contributed by atoms with Crippen LogP contribution in [-0.4, -0.2) is 0 Å². The molecule has 3 heteroatoms. The van der Waals surface area contributed by atoms with Gasteiger partial charge in [0.2, 0.25) is 0 Å². The molecule has 1 aromatic heterocycles. The molecule has 0 saturated carbocycles. The fourth-order valence-corrected chi connectivity index (χ4v) is 6.35. The lowest BCUT2D eigenvalue weighted by atomic mass is 9.93. The molecule has 214 valence electrons. The highest BCUT2D eigenvalue weighted by Crippen LogP contribution is 2.40. The highest BCUT2D eigenvalue weighted by atomic mass is 79.9. The lowest BCUT2D eigenvalue weighted by Crippen LogP contribution is -2.09. The van der Waals surface area contributed by atoms with E-state index in [1.54, 1.807) is 0 Å². The molecule has 8 rings (SSSR count). The molecule has 0 aliphatic carbocycles. The monoisotopic (exact) mass is 641 g/mol. The molecular weight excluding hydrogens is 614 g/mol. The van der Waals surface area contributed by atoms with Crippen molar-refractivity contribution in [2.75, 3.05) is 4.90 Å². The van der Waals surface area contributed by atoms with Crippen LogP contribution in [0.5, 0.6) is 0 Å². The van der Waals surface area contributed by atoms with Crippen LogP contribution in [-0.2, 0) is 0 Å². The molecule has 1 heterocycles. The zero-order valence-corrected chi connectivity index (χ0v) is 26.0. The van der Waals surface area contributed by atoms with Gasteiger partial charge in [-0.25, -0.2) is 0 Å². The first-order valence-electron chi connectivity index (χ1n) is 15.0. The number of fused-ring (bicyclic) bond motifs is 3. The van der Waals surface area contributed by atoms with E-state index >= 15 is 0 Å². The Balaban J connectivity index is 1.23. The fourth-order valence-electron chi connectivity index (χ4n) is 6.08. The maximum absolute atomic E-state index is 6.13. The van der Waals surface area contributed by atoms with Gasteiger partial charge in [0.1, 0.15) is 11.2 Å². The maximum Gasteiger partial charge on any atom is 0.135 e. The quantitative estimate of drug-likeness (QED) is 0.179. The largest absolute Gasteiger partial charge is 0.456 e. The summed E-state index contributed by atoms with van der Waals surface area (Å²) in [5.74, 6) is 0. The molecule has 0 fully saturated rings. The number of para-hydroxylation sites is 2. The third-order valence-corrected chi connectivity index (χ3v) is 8.84. The first kappa shape index (κ1) is 27.2. The van der Waals surface area contributed by atoms with E-state index in [-0.39, 0.29) is 0 Å². The minimum absolute atomic E-state index is 0.892. The summed E-state index contributed by atoms with van der Waals surface area (Å²) in [7, 11) is 0. The highest BCUT2D eigenvalue weighted by molar-refractivity contribution is 9.10. The zero-order chi connectivity index (χ0) is 30.2. The smallest absolute Gasteiger partial charge is 0.135 e. The first-order valence-corrected chi connectivity index (χ1v) is 15.8. The minimum atomic E-state index is 0.892. The van der Waals surface area contributed by atoms with Crippen LogP contribution in [0.2, 0.25) is 0 Å². The Morgan fingerprint density at radius 2 is 0.844 bits per heavy atom. The van der Waals surface area contributed by atoms with Crippen molar-refractivity contribution in [3.05, 3.63) is 174 Å². The number of anilines is 3. The van der Waals surface area contributed by atoms with E-state index in [1.165, 1.54) is 33.4 Å². The molecule has 45 heavy (non-hydrogen) atoms. The Labute approximate surface area is 271 Å². The summed E-state index contributed by atoms with van der Waals surface area (Å²) in [6, 6.07) is 60.1. The molecule has 8 aromatic rings. The van der Waals surface area contributed by atoms with E-state index in [9.17, 15) is 0 Å². The number of halogens is 1. The molecule has 0 unspecified atom stereocenters. The molecule has 0 atom stereocenters. The van der Waals surface area contributed by atoms with Crippen LogP contribution in [0.15, 0.2) is 179 Å². The Morgan fingerprint density at radius 1 is 0.356 bits per heavy atom. The average molecular weight is 643 g/mol. The topological polar surface area (TPSA) is 16.4 Å². The Kier molecular flexibility index (Phi) is 7.01. The molecule has 2 nitrogen and oxygen atoms in total. The van der Waals surface area contributed by atoms with Gasteiger partial charge in [-0.15, -0.1) is 0 Å². The van der Waals surface area contributed by atoms with Crippen LogP contribution in [0.3, 0.4) is 0 Å². The van der Waals surface area contributed by atoms with Crippen LogP contribution < -0.4 is 4.90 Å². The van der Waals surface area contributed by atoms with Crippen molar-refractivity contribution in [3.63, 3.8) is 0 Å². The van der Waals surface area contributed by atoms with Gasteiger partial charge in [0, 0.05) is 32.3 Å². The Hall–Kier alpha value is -5.38. The van der Waals surface area contributed by atoms with E-state index in [1.807, 2.05) is 12.1 Å². The van der Waals surface area contributed by atoms with Crippen molar-refractivity contribution >= 4 is 54.9 Å². The van der Waals surface area contributed by atoms with E-state index in [4.69, 9.17) is 4.42 Å². The third kappa shape index (κ3) is 5.32. The van der Waals surface area contributed by atoms with Crippen LogP contribution >= 0.6 is 15.9 Å². The van der Waals surface area contributed by atoms with Gasteiger partial charge in [-0.3, -0.25) is 0 Å². The molecule has 0 aliphatic heterocycles. The van der Waals surface area contributed by atoms with Gasteiger partial charge in [0.15, 0.2) is 0 Å². The summed E-state index contributed by atoms with van der Waals surface area (Å²) in [6.07, 6.45) is 0. The summed E-state index contributed by atoms with van der Waals surface area (Å²) < 4.78 is 7.20. The molecule has 0 aliphatic rings. The molecule has 0 radical (unpaired) electrons. The molecule has 0 bridgehead atoms. The average Bonchev–Trinajstić information content (AvgIpc) is 3.48. The van der Waals surface area contributed by atoms with Crippen LogP contribution in [0.25, 0.3) is 55.3 Å². The number of hydrogen-bond acceptors (Lipinski definition) is 2. The van der Waals surface area contributed by atoms with Crippen LogP contribution in [0.4, 0.5) is 17.1 Å². The van der Waals surface area contributed by atoms with Crippen molar-refractivity contribution < 1.29 is 4.42 Å². The van der Waals surface area contributed by atoms with Crippen LogP contribution in [0, 0.1) is 0 Å². The molecule has 7 aromatic carbocycles. The van der Waals surface area contributed by atoms with Gasteiger partial charge in [-0.2, -0.15) is 0 Å². The van der Waals surface area contributed by atoms with E-state index in [0.29, 0.717) is 0 Å². The maximum atomic E-state index is 6.13. The predicted octanol–water partition coefficient (Wildman–Crippen LogP) is 12.8. The van der Waals surface area contributed by atoms with Crippen molar-refractivity contribution in [1.29, 1.82) is 0 Å². The van der Waals surface area contributed by atoms with Crippen molar-refractivity contribution in [2.24, 2.45) is 0 Å². The van der Waals surface area contributed by atoms with E-state index in [0.717, 1.165) is 43.5 Å². The standard InChI is InChI=1S/C42H28BrNO/c43-35-19-15-30(16-20-35)33-25-32(29-9-3-1-4-10-29)26-34(27-33)31-17-21-37(22-18-31)44(36-11-5-2-6-12-36)38-23-24-42-40(28-38)39-13-7-8-14-41(39)45-42/h1-28H. The number of furan rings is 1. The van der Waals surface area contributed by atoms with Gasteiger partial charge in [-0.1, -0.05) is 107 Å². The molecule has 0 saturated heterocycles. The second-order valence-corrected chi connectivity index (χ2v) is 12.1. The van der Waals surface area contributed by atoms with Crippen LogP contribution in [0.1, 0.15) is 0 Å². The molecule has 0 spiro atoms. The number of hydrogen-bond donors (Lipinski definition) is 0. The summed E-state index contributed by atoms with van der Waals surface area (Å²) in [5, 5.41) is 2.23. The Bertz CT molecular complexity index is 2250. The molecule has 0 N–H and O–H groups in total. The molecule has 0 amide bonds. The second-order valence-electron chi connectivity index (χ2n) is 11.2. The molecular formula is C42H28BrNO. The fraction of sp³-hybridized carbons (Fsp3) is 0. The van der Waals surface area contributed by atoms with Gasteiger partial charge in [0.05, 0.1) is 0 Å². The summed E-state index contributed by atoms with van der Waals surface area (Å²) >= 11 is 3.58.